The van der Waals surface area contributed by atoms with E-state index in [0.717, 1.165) is 11.8 Å². The number of likely N-dealkylation sites (N-methyl/N-ethyl adjacent to an activating group) is 1. The standard InChI is InChI=1S/C16H31NO/c1-12-9-13(2)11-14(10-12)15(18)16(17(3)4)7-5-6-8-16/h12-15,18H,5-11H2,1-4H3. The molecule has 0 bridgehead atoms. The summed E-state index contributed by atoms with van der Waals surface area (Å²) in [6.45, 7) is 4.71. The third-order valence-electron chi connectivity index (χ3n) is 5.57. The summed E-state index contributed by atoms with van der Waals surface area (Å²) < 4.78 is 0. The van der Waals surface area contributed by atoms with Gasteiger partial charge < -0.3 is 10.0 Å². The van der Waals surface area contributed by atoms with E-state index in [0.29, 0.717) is 5.92 Å². The van der Waals surface area contributed by atoms with Crippen LogP contribution < -0.4 is 0 Å². The molecule has 2 aliphatic carbocycles. The predicted octanol–water partition coefficient (Wildman–Crippen LogP) is 3.29. The van der Waals surface area contributed by atoms with Crippen molar-refractivity contribution in [2.24, 2.45) is 17.8 Å². The van der Waals surface area contributed by atoms with E-state index < -0.39 is 0 Å². The summed E-state index contributed by atoms with van der Waals surface area (Å²) in [5, 5.41) is 11.0. The summed E-state index contributed by atoms with van der Waals surface area (Å²) in [5.74, 6) is 2.09. The molecule has 106 valence electrons. The fourth-order valence-corrected chi connectivity index (χ4v) is 4.70. The minimum Gasteiger partial charge on any atom is -0.391 e. The summed E-state index contributed by atoms with van der Waals surface area (Å²) >= 11 is 0. The molecule has 2 heteroatoms. The summed E-state index contributed by atoms with van der Waals surface area (Å²) in [5.41, 5.74) is 0.0709. The van der Waals surface area contributed by atoms with Gasteiger partial charge in [-0.15, -0.1) is 0 Å². The predicted molar refractivity (Wildman–Crippen MR) is 76.6 cm³/mol. The Kier molecular flexibility index (Phi) is 4.38. The van der Waals surface area contributed by atoms with E-state index in [9.17, 15) is 5.11 Å². The van der Waals surface area contributed by atoms with Crippen molar-refractivity contribution in [1.82, 2.24) is 4.90 Å². The van der Waals surface area contributed by atoms with Crippen LogP contribution in [0.1, 0.15) is 58.8 Å². The van der Waals surface area contributed by atoms with Gasteiger partial charge in [0, 0.05) is 5.54 Å². The van der Waals surface area contributed by atoms with E-state index in [1.165, 1.54) is 44.9 Å². The van der Waals surface area contributed by atoms with Crippen molar-refractivity contribution >= 4 is 0 Å². The molecule has 0 heterocycles. The quantitative estimate of drug-likeness (QED) is 0.834. The molecule has 0 spiro atoms. The average Bonchev–Trinajstić information content (AvgIpc) is 2.76. The largest absolute Gasteiger partial charge is 0.391 e. The van der Waals surface area contributed by atoms with E-state index >= 15 is 0 Å². The van der Waals surface area contributed by atoms with Crippen LogP contribution >= 0.6 is 0 Å². The van der Waals surface area contributed by atoms with Crippen molar-refractivity contribution in [3.8, 4) is 0 Å². The minimum atomic E-state index is -0.125. The number of hydrogen-bond acceptors (Lipinski definition) is 2. The van der Waals surface area contributed by atoms with Crippen molar-refractivity contribution in [3.63, 3.8) is 0 Å². The molecule has 1 N–H and O–H groups in total. The molecule has 3 unspecified atom stereocenters. The fraction of sp³-hybridized carbons (Fsp3) is 1.00. The molecule has 0 saturated heterocycles. The Bertz CT molecular complexity index is 260. The van der Waals surface area contributed by atoms with Gasteiger partial charge >= 0.3 is 0 Å². The first-order chi connectivity index (χ1) is 8.45. The summed E-state index contributed by atoms with van der Waals surface area (Å²) in [6.07, 6.45) is 8.60. The Morgan fingerprint density at radius 2 is 1.50 bits per heavy atom. The maximum absolute atomic E-state index is 11.0. The summed E-state index contributed by atoms with van der Waals surface area (Å²) in [4.78, 5) is 2.31. The molecule has 2 rings (SSSR count). The molecule has 3 atom stereocenters. The van der Waals surface area contributed by atoms with Crippen molar-refractivity contribution in [3.05, 3.63) is 0 Å². The molecule has 0 aliphatic heterocycles. The first kappa shape index (κ1) is 14.3. The van der Waals surface area contributed by atoms with Crippen LogP contribution in [0.2, 0.25) is 0 Å². The first-order valence-electron chi connectivity index (χ1n) is 7.81. The monoisotopic (exact) mass is 253 g/mol. The van der Waals surface area contributed by atoms with Gasteiger partial charge in [0.15, 0.2) is 0 Å². The lowest BCUT2D eigenvalue weighted by Gasteiger charge is -2.46. The zero-order chi connectivity index (χ0) is 13.3. The molecule has 0 aromatic rings. The molecule has 0 aromatic carbocycles. The van der Waals surface area contributed by atoms with Crippen LogP contribution in [0.3, 0.4) is 0 Å². The van der Waals surface area contributed by atoms with Crippen molar-refractivity contribution < 1.29 is 5.11 Å². The molecule has 0 radical (unpaired) electrons. The number of nitrogens with zero attached hydrogens (tertiary/aromatic N) is 1. The molecular formula is C16H31NO. The van der Waals surface area contributed by atoms with Gasteiger partial charge in [0.2, 0.25) is 0 Å². The second-order valence-corrected chi connectivity index (χ2v) is 7.33. The Labute approximate surface area is 113 Å². The normalized spacial score (nSPS) is 38.0. The smallest absolute Gasteiger partial charge is 0.0751 e. The lowest BCUT2D eigenvalue weighted by Crippen LogP contribution is -2.55. The zero-order valence-corrected chi connectivity index (χ0v) is 12.7. The van der Waals surface area contributed by atoms with E-state index in [1.807, 2.05) is 0 Å². The molecule has 0 aromatic heterocycles. The topological polar surface area (TPSA) is 23.5 Å². The number of aliphatic hydroxyl groups excluding tert-OH is 1. The highest BCUT2D eigenvalue weighted by atomic mass is 16.3. The second-order valence-electron chi connectivity index (χ2n) is 7.33. The summed E-state index contributed by atoms with van der Waals surface area (Å²) in [7, 11) is 4.31. The minimum absolute atomic E-state index is 0.0709. The van der Waals surface area contributed by atoms with Gasteiger partial charge in [-0.2, -0.15) is 0 Å². The van der Waals surface area contributed by atoms with Crippen molar-refractivity contribution in [2.45, 2.75) is 70.4 Å². The van der Waals surface area contributed by atoms with Crippen LogP contribution in [0.25, 0.3) is 0 Å². The van der Waals surface area contributed by atoms with E-state index in [4.69, 9.17) is 0 Å². The Balaban J connectivity index is 2.11. The van der Waals surface area contributed by atoms with Crippen LogP contribution in [-0.2, 0) is 0 Å². The highest BCUT2D eigenvalue weighted by molar-refractivity contribution is 5.01. The highest BCUT2D eigenvalue weighted by Crippen LogP contribution is 2.44. The Hall–Kier alpha value is -0.0800. The molecule has 0 amide bonds. The third kappa shape index (κ3) is 2.60. The van der Waals surface area contributed by atoms with Gasteiger partial charge in [-0.05, 0) is 64.0 Å². The second kappa shape index (κ2) is 5.50. The molecular weight excluding hydrogens is 222 g/mol. The average molecular weight is 253 g/mol. The molecule has 2 aliphatic rings. The van der Waals surface area contributed by atoms with Crippen molar-refractivity contribution in [1.29, 1.82) is 0 Å². The van der Waals surface area contributed by atoms with Gasteiger partial charge in [-0.3, -0.25) is 0 Å². The van der Waals surface area contributed by atoms with E-state index in [1.54, 1.807) is 0 Å². The lowest BCUT2D eigenvalue weighted by atomic mass is 9.69. The Morgan fingerprint density at radius 3 is 1.94 bits per heavy atom. The number of rotatable bonds is 3. The SMILES string of the molecule is CC1CC(C)CC(C(O)C2(N(C)C)CCCC2)C1. The van der Waals surface area contributed by atoms with E-state index in [2.05, 4.69) is 32.8 Å². The van der Waals surface area contributed by atoms with Gasteiger partial charge in [-0.25, -0.2) is 0 Å². The molecule has 2 fully saturated rings. The van der Waals surface area contributed by atoms with Crippen molar-refractivity contribution in [2.75, 3.05) is 14.1 Å². The lowest BCUT2D eigenvalue weighted by molar-refractivity contribution is -0.0577. The first-order valence-corrected chi connectivity index (χ1v) is 7.81. The highest BCUT2D eigenvalue weighted by Gasteiger charge is 2.46. The van der Waals surface area contributed by atoms with Crippen LogP contribution in [0, 0.1) is 17.8 Å². The van der Waals surface area contributed by atoms with Crippen LogP contribution in [0.5, 0.6) is 0 Å². The third-order valence-corrected chi connectivity index (χ3v) is 5.57. The molecule has 18 heavy (non-hydrogen) atoms. The molecule has 2 saturated carbocycles. The summed E-state index contributed by atoms with van der Waals surface area (Å²) in [6, 6.07) is 0. The van der Waals surface area contributed by atoms with E-state index in [-0.39, 0.29) is 11.6 Å². The number of hydrogen-bond donors (Lipinski definition) is 1. The van der Waals surface area contributed by atoms with Gasteiger partial charge in [0.25, 0.3) is 0 Å². The van der Waals surface area contributed by atoms with Crippen LogP contribution in [-0.4, -0.2) is 35.7 Å². The van der Waals surface area contributed by atoms with Gasteiger partial charge in [0.05, 0.1) is 6.10 Å². The Morgan fingerprint density at radius 1 is 1.00 bits per heavy atom. The molecule has 2 nitrogen and oxygen atoms in total. The van der Waals surface area contributed by atoms with Gasteiger partial charge in [0.1, 0.15) is 0 Å². The zero-order valence-electron chi connectivity index (χ0n) is 12.7. The maximum atomic E-state index is 11.0. The van der Waals surface area contributed by atoms with Gasteiger partial charge in [-0.1, -0.05) is 26.7 Å². The number of aliphatic hydroxyl groups is 1. The maximum Gasteiger partial charge on any atom is 0.0751 e. The van der Waals surface area contributed by atoms with Crippen LogP contribution in [0.15, 0.2) is 0 Å². The van der Waals surface area contributed by atoms with Crippen LogP contribution in [0.4, 0.5) is 0 Å². The fourth-order valence-electron chi connectivity index (χ4n) is 4.70.